The van der Waals surface area contributed by atoms with Crippen LogP contribution in [0.5, 0.6) is 0 Å². The van der Waals surface area contributed by atoms with Gasteiger partial charge in [0.2, 0.25) is 0 Å². The molecule has 1 aromatic carbocycles. The summed E-state index contributed by atoms with van der Waals surface area (Å²) in [7, 11) is 0. The highest BCUT2D eigenvalue weighted by molar-refractivity contribution is 5.34. The smallest absolute Gasteiger partial charge is 0.0494 e. The highest BCUT2D eigenvalue weighted by atomic mass is 16.5. The first kappa shape index (κ1) is 15.1. The van der Waals surface area contributed by atoms with E-state index in [0.29, 0.717) is 11.5 Å². The van der Waals surface area contributed by atoms with E-state index in [4.69, 9.17) is 4.74 Å². The molecule has 1 N–H and O–H groups in total. The molecule has 2 aliphatic carbocycles. The zero-order chi connectivity index (χ0) is 14.7. The molecule has 0 aromatic heterocycles. The molecule has 21 heavy (non-hydrogen) atoms. The van der Waals surface area contributed by atoms with Gasteiger partial charge < -0.3 is 10.1 Å². The van der Waals surface area contributed by atoms with Crippen molar-refractivity contribution in [2.45, 2.75) is 52.0 Å². The summed E-state index contributed by atoms with van der Waals surface area (Å²) in [6.45, 7) is 7.72. The number of hydrogen-bond acceptors (Lipinski definition) is 2. The summed E-state index contributed by atoms with van der Waals surface area (Å²) in [4.78, 5) is 0. The van der Waals surface area contributed by atoms with Crippen LogP contribution >= 0.6 is 0 Å². The molecular formula is C19H29NO. The molecule has 1 atom stereocenters. The largest absolute Gasteiger partial charge is 0.381 e. The van der Waals surface area contributed by atoms with Crippen LogP contribution in [0.1, 0.15) is 56.7 Å². The van der Waals surface area contributed by atoms with Crippen molar-refractivity contribution >= 4 is 0 Å². The van der Waals surface area contributed by atoms with E-state index >= 15 is 0 Å². The summed E-state index contributed by atoms with van der Waals surface area (Å²) in [6.07, 6.45) is 6.35. The Kier molecular flexibility index (Phi) is 4.66. The van der Waals surface area contributed by atoms with Gasteiger partial charge in [0, 0.05) is 19.3 Å². The summed E-state index contributed by atoms with van der Waals surface area (Å²) in [5, 5.41) is 3.79. The molecule has 0 radical (unpaired) electrons. The van der Waals surface area contributed by atoms with Gasteiger partial charge in [-0.25, -0.2) is 0 Å². The molecule has 116 valence electrons. The van der Waals surface area contributed by atoms with E-state index in [1.54, 1.807) is 0 Å². The molecule has 0 aliphatic heterocycles. The van der Waals surface area contributed by atoms with Gasteiger partial charge in [0.05, 0.1) is 0 Å². The fourth-order valence-electron chi connectivity index (χ4n) is 3.41. The van der Waals surface area contributed by atoms with Crippen LogP contribution in [-0.2, 0) is 11.2 Å². The van der Waals surface area contributed by atoms with Crippen molar-refractivity contribution in [3.05, 3.63) is 35.4 Å². The van der Waals surface area contributed by atoms with Crippen molar-refractivity contribution in [2.24, 2.45) is 11.3 Å². The minimum Gasteiger partial charge on any atom is -0.381 e. The molecular weight excluding hydrogens is 258 g/mol. The Morgan fingerprint density at radius 1 is 1.24 bits per heavy atom. The van der Waals surface area contributed by atoms with E-state index in [9.17, 15) is 0 Å². The SMILES string of the molecule is CC1(C)CCc2ccccc2C1NCCCOCC1CC1. The third-order valence-electron chi connectivity index (χ3n) is 5.05. The highest BCUT2D eigenvalue weighted by Crippen LogP contribution is 2.43. The molecule has 0 bridgehead atoms. The summed E-state index contributed by atoms with van der Waals surface area (Å²) in [6, 6.07) is 9.41. The fourth-order valence-corrected chi connectivity index (χ4v) is 3.41. The molecule has 0 spiro atoms. The normalized spacial score (nSPS) is 23.8. The summed E-state index contributed by atoms with van der Waals surface area (Å²) < 4.78 is 5.73. The number of rotatable bonds is 7. The Bertz CT molecular complexity index is 464. The second-order valence-corrected chi connectivity index (χ2v) is 7.45. The maximum Gasteiger partial charge on any atom is 0.0494 e. The number of aryl methyl sites for hydroxylation is 1. The van der Waals surface area contributed by atoms with Crippen molar-refractivity contribution < 1.29 is 4.74 Å². The third-order valence-corrected chi connectivity index (χ3v) is 5.05. The number of hydrogen-bond donors (Lipinski definition) is 1. The predicted octanol–water partition coefficient (Wildman–Crippen LogP) is 4.11. The fraction of sp³-hybridized carbons (Fsp3) is 0.684. The van der Waals surface area contributed by atoms with Crippen molar-refractivity contribution in [2.75, 3.05) is 19.8 Å². The molecule has 2 aliphatic rings. The third kappa shape index (κ3) is 3.87. The van der Waals surface area contributed by atoms with Gasteiger partial charge in [-0.3, -0.25) is 0 Å². The van der Waals surface area contributed by atoms with Gasteiger partial charge in [-0.05, 0) is 61.1 Å². The van der Waals surface area contributed by atoms with Crippen LogP contribution in [-0.4, -0.2) is 19.8 Å². The Morgan fingerprint density at radius 2 is 2.05 bits per heavy atom. The van der Waals surface area contributed by atoms with Crippen molar-refractivity contribution in [3.63, 3.8) is 0 Å². The Hall–Kier alpha value is -0.860. The number of nitrogens with one attached hydrogen (secondary N) is 1. The quantitative estimate of drug-likeness (QED) is 0.762. The average molecular weight is 287 g/mol. The molecule has 0 saturated heterocycles. The average Bonchev–Trinajstić information content (AvgIpc) is 3.28. The first-order valence-corrected chi connectivity index (χ1v) is 8.56. The van der Waals surface area contributed by atoms with Crippen LogP contribution < -0.4 is 5.32 Å². The number of ether oxygens (including phenoxy) is 1. The van der Waals surface area contributed by atoms with E-state index in [1.807, 2.05) is 0 Å². The standard InChI is InChI=1S/C19H29NO/c1-19(2)11-10-16-6-3-4-7-17(16)18(19)20-12-5-13-21-14-15-8-9-15/h3-4,6-7,15,18,20H,5,8-14H2,1-2H3. The van der Waals surface area contributed by atoms with Gasteiger partial charge >= 0.3 is 0 Å². The molecule has 0 amide bonds. The maximum atomic E-state index is 5.73. The summed E-state index contributed by atoms with van der Waals surface area (Å²) in [5.41, 5.74) is 3.37. The second kappa shape index (κ2) is 6.50. The molecule has 3 rings (SSSR count). The van der Waals surface area contributed by atoms with Crippen molar-refractivity contribution in [3.8, 4) is 0 Å². The topological polar surface area (TPSA) is 21.3 Å². The molecule has 2 heteroatoms. The van der Waals surface area contributed by atoms with Gasteiger partial charge in [-0.15, -0.1) is 0 Å². The lowest BCUT2D eigenvalue weighted by atomic mass is 9.70. The Balaban J connectivity index is 1.50. The van der Waals surface area contributed by atoms with Crippen molar-refractivity contribution in [1.82, 2.24) is 5.32 Å². The lowest BCUT2D eigenvalue weighted by molar-refractivity contribution is 0.118. The van der Waals surface area contributed by atoms with Crippen LogP contribution in [0.3, 0.4) is 0 Å². The second-order valence-electron chi connectivity index (χ2n) is 7.45. The molecule has 1 saturated carbocycles. The van der Waals surface area contributed by atoms with E-state index in [1.165, 1.54) is 36.8 Å². The molecule has 1 fully saturated rings. The van der Waals surface area contributed by atoms with Crippen LogP contribution in [0.4, 0.5) is 0 Å². The number of benzene rings is 1. The zero-order valence-corrected chi connectivity index (χ0v) is 13.5. The summed E-state index contributed by atoms with van der Waals surface area (Å²) in [5.74, 6) is 0.877. The van der Waals surface area contributed by atoms with Gasteiger partial charge in [0.1, 0.15) is 0 Å². The monoisotopic (exact) mass is 287 g/mol. The molecule has 0 heterocycles. The van der Waals surface area contributed by atoms with E-state index in [-0.39, 0.29) is 0 Å². The summed E-state index contributed by atoms with van der Waals surface area (Å²) >= 11 is 0. The van der Waals surface area contributed by atoms with Crippen molar-refractivity contribution in [1.29, 1.82) is 0 Å². The molecule has 1 aromatic rings. The lowest BCUT2D eigenvalue weighted by Gasteiger charge is -2.40. The lowest BCUT2D eigenvalue weighted by Crippen LogP contribution is -2.38. The highest BCUT2D eigenvalue weighted by Gasteiger charge is 2.35. The van der Waals surface area contributed by atoms with E-state index in [2.05, 4.69) is 43.4 Å². The predicted molar refractivity (Wildman–Crippen MR) is 87.4 cm³/mol. The number of fused-ring (bicyclic) bond motifs is 1. The first-order valence-electron chi connectivity index (χ1n) is 8.56. The van der Waals surface area contributed by atoms with Crippen LogP contribution in [0.25, 0.3) is 0 Å². The van der Waals surface area contributed by atoms with Crippen LogP contribution in [0, 0.1) is 11.3 Å². The van der Waals surface area contributed by atoms with E-state index < -0.39 is 0 Å². The molecule has 2 nitrogen and oxygen atoms in total. The minimum atomic E-state index is 0.337. The zero-order valence-electron chi connectivity index (χ0n) is 13.5. The van der Waals surface area contributed by atoms with Gasteiger partial charge in [0.15, 0.2) is 0 Å². The van der Waals surface area contributed by atoms with Crippen LogP contribution in [0.2, 0.25) is 0 Å². The molecule has 1 unspecified atom stereocenters. The maximum absolute atomic E-state index is 5.73. The Morgan fingerprint density at radius 3 is 2.86 bits per heavy atom. The van der Waals surface area contributed by atoms with E-state index in [0.717, 1.165) is 32.1 Å². The van der Waals surface area contributed by atoms with Gasteiger partial charge in [-0.1, -0.05) is 38.1 Å². The minimum absolute atomic E-state index is 0.337. The first-order chi connectivity index (χ1) is 10.2. The van der Waals surface area contributed by atoms with Gasteiger partial charge in [0.25, 0.3) is 0 Å². The van der Waals surface area contributed by atoms with Crippen LogP contribution in [0.15, 0.2) is 24.3 Å². The Labute approximate surface area is 129 Å². The van der Waals surface area contributed by atoms with Gasteiger partial charge in [-0.2, -0.15) is 0 Å².